The standard InChI is InChI=1S/C17H29NO3/c1-2-3-4-5-6-7-12-21-14-17(20)13-18-15-8-10-16(19)11-9-15/h8-11,17-20H,2-7,12-14H2,1H3. The summed E-state index contributed by atoms with van der Waals surface area (Å²) in [6, 6.07) is 6.78. The number of hydrogen-bond acceptors (Lipinski definition) is 4. The zero-order valence-corrected chi connectivity index (χ0v) is 13.1. The molecule has 0 saturated carbocycles. The van der Waals surface area contributed by atoms with Crippen molar-refractivity contribution in [3.63, 3.8) is 0 Å². The molecular weight excluding hydrogens is 266 g/mol. The van der Waals surface area contributed by atoms with Crippen LogP contribution in [0, 0.1) is 0 Å². The van der Waals surface area contributed by atoms with Gasteiger partial charge in [0.05, 0.1) is 12.7 Å². The van der Waals surface area contributed by atoms with Gasteiger partial charge in [-0.25, -0.2) is 0 Å². The summed E-state index contributed by atoms with van der Waals surface area (Å²) >= 11 is 0. The topological polar surface area (TPSA) is 61.7 Å². The minimum atomic E-state index is -0.515. The van der Waals surface area contributed by atoms with Crippen LogP contribution in [0.1, 0.15) is 45.4 Å². The number of aliphatic hydroxyl groups excluding tert-OH is 1. The van der Waals surface area contributed by atoms with Gasteiger partial charge in [-0.05, 0) is 30.7 Å². The zero-order chi connectivity index (χ0) is 15.3. The minimum absolute atomic E-state index is 0.239. The maximum absolute atomic E-state index is 9.80. The molecule has 1 aromatic carbocycles. The quantitative estimate of drug-likeness (QED) is 0.408. The molecule has 21 heavy (non-hydrogen) atoms. The summed E-state index contributed by atoms with van der Waals surface area (Å²) in [7, 11) is 0. The number of phenolic OH excluding ortho intramolecular Hbond substituents is 1. The summed E-state index contributed by atoms with van der Waals surface area (Å²) in [4.78, 5) is 0. The maximum atomic E-state index is 9.80. The van der Waals surface area contributed by atoms with E-state index in [1.54, 1.807) is 24.3 Å². The van der Waals surface area contributed by atoms with Crippen LogP contribution in [0.15, 0.2) is 24.3 Å². The Labute approximate surface area is 128 Å². The van der Waals surface area contributed by atoms with Crippen LogP contribution in [0.2, 0.25) is 0 Å². The van der Waals surface area contributed by atoms with Crippen LogP contribution in [0.5, 0.6) is 5.75 Å². The molecule has 0 aliphatic heterocycles. The summed E-state index contributed by atoms with van der Waals surface area (Å²) in [6.45, 7) is 3.75. The second-order valence-corrected chi connectivity index (χ2v) is 5.42. The van der Waals surface area contributed by atoms with Crippen LogP contribution in [-0.2, 0) is 4.74 Å². The van der Waals surface area contributed by atoms with E-state index in [0.29, 0.717) is 13.2 Å². The van der Waals surface area contributed by atoms with E-state index in [2.05, 4.69) is 12.2 Å². The minimum Gasteiger partial charge on any atom is -0.508 e. The molecule has 0 fully saturated rings. The number of anilines is 1. The first-order valence-electron chi connectivity index (χ1n) is 8.01. The third-order valence-corrected chi connectivity index (χ3v) is 3.36. The highest BCUT2D eigenvalue weighted by atomic mass is 16.5. The second kappa shape index (κ2) is 11.4. The van der Waals surface area contributed by atoms with Gasteiger partial charge in [0.25, 0.3) is 0 Å². The van der Waals surface area contributed by atoms with E-state index >= 15 is 0 Å². The van der Waals surface area contributed by atoms with Gasteiger partial charge in [-0.1, -0.05) is 39.0 Å². The first kappa shape index (κ1) is 17.8. The van der Waals surface area contributed by atoms with E-state index < -0.39 is 6.10 Å². The zero-order valence-electron chi connectivity index (χ0n) is 13.1. The molecule has 0 bridgehead atoms. The molecule has 0 amide bonds. The van der Waals surface area contributed by atoms with Gasteiger partial charge in [-0.15, -0.1) is 0 Å². The molecule has 0 saturated heterocycles. The molecule has 1 rings (SSSR count). The van der Waals surface area contributed by atoms with Crippen molar-refractivity contribution in [1.29, 1.82) is 0 Å². The number of nitrogens with one attached hydrogen (secondary N) is 1. The highest BCUT2D eigenvalue weighted by Crippen LogP contribution is 2.13. The average molecular weight is 295 g/mol. The smallest absolute Gasteiger partial charge is 0.115 e. The molecular formula is C17H29NO3. The predicted octanol–water partition coefficient (Wildman–Crippen LogP) is 3.54. The van der Waals surface area contributed by atoms with Gasteiger partial charge in [0, 0.05) is 18.8 Å². The summed E-state index contributed by atoms with van der Waals surface area (Å²) < 4.78 is 5.48. The molecule has 120 valence electrons. The molecule has 1 aromatic rings. The summed E-state index contributed by atoms with van der Waals surface area (Å²) in [5.41, 5.74) is 0.878. The van der Waals surface area contributed by atoms with Gasteiger partial charge in [0.1, 0.15) is 5.75 Å². The number of hydrogen-bond donors (Lipinski definition) is 3. The van der Waals surface area contributed by atoms with Crippen molar-refractivity contribution in [3.05, 3.63) is 24.3 Å². The molecule has 0 radical (unpaired) electrons. The molecule has 0 spiro atoms. The predicted molar refractivity (Wildman–Crippen MR) is 86.8 cm³/mol. The lowest BCUT2D eigenvalue weighted by Crippen LogP contribution is -2.25. The normalized spacial score (nSPS) is 12.3. The summed E-state index contributed by atoms with van der Waals surface area (Å²) in [6.07, 6.45) is 6.96. The Balaban J connectivity index is 1.96. The van der Waals surface area contributed by atoms with Crippen LogP contribution in [0.4, 0.5) is 5.69 Å². The average Bonchev–Trinajstić information content (AvgIpc) is 2.49. The summed E-state index contributed by atoms with van der Waals surface area (Å²) in [5, 5.41) is 22.1. The van der Waals surface area contributed by atoms with Crippen LogP contribution in [0.25, 0.3) is 0 Å². The monoisotopic (exact) mass is 295 g/mol. The van der Waals surface area contributed by atoms with Crippen LogP contribution in [-0.4, -0.2) is 36.1 Å². The van der Waals surface area contributed by atoms with E-state index in [9.17, 15) is 10.2 Å². The van der Waals surface area contributed by atoms with E-state index in [1.165, 1.54) is 32.1 Å². The van der Waals surface area contributed by atoms with Crippen molar-refractivity contribution in [2.75, 3.05) is 25.1 Å². The number of phenols is 1. The van der Waals surface area contributed by atoms with Crippen molar-refractivity contribution in [2.45, 2.75) is 51.6 Å². The summed E-state index contributed by atoms with van der Waals surface area (Å²) in [5.74, 6) is 0.239. The Morgan fingerprint density at radius 1 is 1.05 bits per heavy atom. The molecule has 0 heterocycles. The fourth-order valence-electron chi connectivity index (χ4n) is 2.08. The van der Waals surface area contributed by atoms with E-state index in [0.717, 1.165) is 18.7 Å². The Bertz CT molecular complexity index is 354. The molecule has 0 aliphatic carbocycles. The first-order valence-corrected chi connectivity index (χ1v) is 8.01. The van der Waals surface area contributed by atoms with Gasteiger partial charge < -0.3 is 20.3 Å². The molecule has 4 heteroatoms. The Morgan fingerprint density at radius 2 is 1.71 bits per heavy atom. The lowest BCUT2D eigenvalue weighted by atomic mass is 10.1. The Morgan fingerprint density at radius 3 is 2.43 bits per heavy atom. The third-order valence-electron chi connectivity index (χ3n) is 3.36. The number of rotatable bonds is 12. The van der Waals surface area contributed by atoms with Crippen molar-refractivity contribution in [1.82, 2.24) is 0 Å². The second-order valence-electron chi connectivity index (χ2n) is 5.42. The van der Waals surface area contributed by atoms with Crippen LogP contribution in [0.3, 0.4) is 0 Å². The SMILES string of the molecule is CCCCCCCCOCC(O)CNc1ccc(O)cc1. The Kier molecular flexibility index (Phi) is 9.66. The largest absolute Gasteiger partial charge is 0.508 e. The number of aromatic hydroxyl groups is 1. The Hall–Kier alpha value is -1.26. The van der Waals surface area contributed by atoms with Gasteiger partial charge in [0.2, 0.25) is 0 Å². The van der Waals surface area contributed by atoms with E-state index in [-0.39, 0.29) is 5.75 Å². The molecule has 1 atom stereocenters. The molecule has 3 N–H and O–H groups in total. The highest BCUT2D eigenvalue weighted by molar-refractivity contribution is 5.45. The fraction of sp³-hybridized carbons (Fsp3) is 0.647. The van der Waals surface area contributed by atoms with Crippen LogP contribution >= 0.6 is 0 Å². The van der Waals surface area contributed by atoms with Gasteiger partial charge >= 0.3 is 0 Å². The lowest BCUT2D eigenvalue weighted by Gasteiger charge is -2.13. The van der Waals surface area contributed by atoms with Crippen molar-refractivity contribution in [2.24, 2.45) is 0 Å². The highest BCUT2D eigenvalue weighted by Gasteiger charge is 2.04. The van der Waals surface area contributed by atoms with E-state index in [4.69, 9.17) is 4.74 Å². The van der Waals surface area contributed by atoms with Crippen LogP contribution < -0.4 is 5.32 Å². The third kappa shape index (κ3) is 9.32. The number of unbranched alkanes of at least 4 members (excludes halogenated alkanes) is 5. The fourth-order valence-corrected chi connectivity index (χ4v) is 2.08. The maximum Gasteiger partial charge on any atom is 0.115 e. The van der Waals surface area contributed by atoms with Gasteiger partial charge in [0.15, 0.2) is 0 Å². The molecule has 4 nitrogen and oxygen atoms in total. The lowest BCUT2D eigenvalue weighted by molar-refractivity contribution is 0.0416. The molecule has 1 unspecified atom stereocenters. The number of ether oxygens (including phenoxy) is 1. The number of benzene rings is 1. The van der Waals surface area contributed by atoms with Crippen molar-refractivity contribution >= 4 is 5.69 Å². The van der Waals surface area contributed by atoms with E-state index in [1.807, 2.05) is 0 Å². The van der Waals surface area contributed by atoms with Gasteiger partial charge in [-0.2, -0.15) is 0 Å². The van der Waals surface area contributed by atoms with Crippen molar-refractivity contribution < 1.29 is 14.9 Å². The van der Waals surface area contributed by atoms with Crippen molar-refractivity contribution in [3.8, 4) is 5.75 Å². The molecule has 0 aromatic heterocycles. The van der Waals surface area contributed by atoms with Gasteiger partial charge in [-0.3, -0.25) is 0 Å². The number of aliphatic hydroxyl groups is 1. The molecule has 0 aliphatic rings. The first-order chi connectivity index (χ1) is 10.2.